The van der Waals surface area contributed by atoms with E-state index in [1.807, 2.05) is 67.6 Å². The number of aromatic amines is 2. The van der Waals surface area contributed by atoms with Gasteiger partial charge in [0.25, 0.3) is 0 Å². The van der Waals surface area contributed by atoms with Crippen molar-refractivity contribution in [2.75, 3.05) is 0 Å². The first-order valence-electron chi connectivity index (χ1n) is 13.1. The van der Waals surface area contributed by atoms with Gasteiger partial charge in [-0.15, -0.1) is 0 Å². The average Bonchev–Trinajstić information content (AvgIpc) is 3.71. The summed E-state index contributed by atoms with van der Waals surface area (Å²) in [4.78, 5) is 36.4. The summed E-state index contributed by atoms with van der Waals surface area (Å²) in [7, 11) is 0. The lowest BCUT2D eigenvalue weighted by Crippen LogP contribution is -1.87. The molecule has 3 aromatic heterocycles. The van der Waals surface area contributed by atoms with Crippen molar-refractivity contribution in [3.8, 4) is 22.8 Å². The number of H-pyrrole nitrogens is 2. The molecule has 41 heavy (non-hydrogen) atoms. The third-order valence-electron chi connectivity index (χ3n) is 7.13. The Kier molecular flexibility index (Phi) is 5.60. The van der Waals surface area contributed by atoms with Crippen LogP contribution in [0.25, 0.3) is 79.4 Å². The molecule has 8 heteroatoms. The number of aromatic nitrogens is 8. The molecule has 2 N–H and O–H groups in total. The minimum absolute atomic E-state index is 0.477. The molecule has 0 saturated heterocycles. The van der Waals surface area contributed by atoms with Crippen LogP contribution in [0.1, 0.15) is 29.7 Å². The smallest absolute Gasteiger partial charge is 0.164 e. The Morgan fingerprint density at radius 3 is 1.56 bits per heavy atom. The number of allylic oxidation sites excluding steroid dienone is 5. The summed E-state index contributed by atoms with van der Waals surface area (Å²) in [5.74, 6) is 2.09. The molecular formula is C33H24N8. The monoisotopic (exact) mass is 532 g/mol. The van der Waals surface area contributed by atoms with Crippen LogP contribution in [-0.2, 0) is 0 Å². The zero-order valence-corrected chi connectivity index (χ0v) is 22.3. The second kappa shape index (κ2) is 9.46. The van der Waals surface area contributed by atoms with E-state index in [-0.39, 0.29) is 0 Å². The fourth-order valence-electron chi connectivity index (χ4n) is 5.26. The van der Waals surface area contributed by atoms with Gasteiger partial charge in [0.1, 0.15) is 22.6 Å². The predicted molar refractivity (Wildman–Crippen MR) is 166 cm³/mol. The second-order valence-corrected chi connectivity index (χ2v) is 9.47. The van der Waals surface area contributed by atoms with E-state index in [9.17, 15) is 0 Å². The topological polar surface area (TPSA) is 109 Å². The zero-order valence-electron chi connectivity index (χ0n) is 22.3. The Balaban J connectivity index is 1.72. The van der Waals surface area contributed by atoms with Gasteiger partial charge < -0.3 is 9.97 Å². The maximum absolute atomic E-state index is 4.99. The van der Waals surface area contributed by atoms with E-state index in [1.165, 1.54) is 0 Å². The highest BCUT2D eigenvalue weighted by Crippen LogP contribution is 2.35. The van der Waals surface area contributed by atoms with Crippen LogP contribution in [0.2, 0.25) is 0 Å². The maximum Gasteiger partial charge on any atom is 0.164 e. The predicted octanol–water partition coefficient (Wildman–Crippen LogP) is 7.34. The minimum atomic E-state index is 0.477. The molecule has 0 radical (unpaired) electrons. The first kappa shape index (κ1) is 24.3. The van der Waals surface area contributed by atoms with Gasteiger partial charge in [-0.1, -0.05) is 98.6 Å². The van der Waals surface area contributed by atoms with Crippen LogP contribution in [0, 0.1) is 0 Å². The van der Waals surface area contributed by atoms with Crippen LogP contribution in [0.3, 0.4) is 0 Å². The Labute approximate surface area is 235 Å². The van der Waals surface area contributed by atoms with Crippen LogP contribution in [0.15, 0.2) is 86.5 Å². The molecule has 2 aliphatic heterocycles. The molecule has 196 valence electrons. The summed E-state index contributed by atoms with van der Waals surface area (Å²) in [6.45, 7) is 14.0. The van der Waals surface area contributed by atoms with Gasteiger partial charge in [-0.05, 0) is 6.92 Å². The van der Waals surface area contributed by atoms with Crippen LogP contribution in [0.4, 0.5) is 0 Å². The molecule has 0 unspecified atom stereocenters. The quantitative estimate of drug-likeness (QED) is 0.246. The van der Waals surface area contributed by atoms with E-state index in [1.54, 1.807) is 18.2 Å². The van der Waals surface area contributed by atoms with Gasteiger partial charge in [0.15, 0.2) is 23.3 Å². The van der Waals surface area contributed by atoms with Crippen molar-refractivity contribution >= 4 is 56.7 Å². The molecule has 5 aromatic rings. The molecule has 0 fully saturated rings. The van der Waals surface area contributed by atoms with E-state index in [0.717, 1.165) is 44.2 Å². The number of rotatable bonds is 4. The van der Waals surface area contributed by atoms with Crippen molar-refractivity contribution < 1.29 is 0 Å². The van der Waals surface area contributed by atoms with Gasteiger partial charge in [-0.3, -0.25) is 0 Å². The fraction of sp³-hybridized carbons (Fsp3) is 0.0303. The summed E-state index contributed by atoms with van der Waals surface area (Å²) >= 11 is 0. The number of hydrogen-bond donors (Lipinski definition) is 2. The third-order valence-corrected chi connectivity index (χ3v) is 7.13. The molecule has 5 heterocycles. The first-order chi connectivity index (χ1) is 20.1. The van der Waals surface area contributed by atoms with Crippen molar-refractivity contribution in [2.24, 2.45) is 0 Å². The third kappa shape index (κ3) is 3.76. The van der Waals surface area contributed by atoms with Gasteiger partial charge in [0.05, 0.1) is 0 Å². The fourth-order valence-corrected chi connectivity index (χ4v) is 5.26. The number of nitrogens with one attached hydrogen (secondary N) is 2. The molecular weight excluding hydrogens is 508 g/mol. The van der Waals surface area contributed by atoms with Crippen molar-refractivity contribution in [1.82, 2.24) is 39.9 Å². The summed E-state index contributed by atoms with van der Waals surface area (Å²) in [6.07, 6.45) is 9.13. The van der Waals surface area contributed by atoms with Crippen molar-refractivity contribution in [3.63, 3.8) is 0 Å². The number of nitrogens with zero attached hydrogens (tertiary/aromatic N) is 6. The van der Waals surface area contributed by atoms with E-state index in [0.29, 0.717) is 45.9 Å². The highest BCUT2D eigenvalue weighted by atomic mass is 15.1. The lowest BCUT2D eigenvalue weighted by Gasteiger charge is -1.96. The largest absolute Gasteiger partial charge is 0.324 e. The van der Waals surface area contributed by atoms with Gasteiger partial charge in [-0.2, -0.15) is 0 Å². The van der Waals surface area contributed by atoms with E-state index in [4.69, 9.17) is 29.9 Å². The number of fused-ring (bicyclic) bond motifs is 14. The molecule has 7 rings (SSSR count). The highest BCUT2D eigenvalue weighted by Gasteiger charge is 2.22. The summed E-state index contributed by atoms with van der Waals surface area (Å²) in [6, 6.07) is 15.9. The van der Waals surface area contributed by atoms with Crippen molar-refractivity contribution in [1.29, 1.82) is 0 Å². The highest BCUT2D eigenvalue weighted by molar-refractivity contribution is 6.05. The number of hydrogen-bond acceptors (Lipinski definition) is 6. The zero-order chi connectivity index (χ0) is 28.1. The molecule has 2 aromatic carbocycles. The lowest BCUT2D eigenvalue weighted by molar-refractivity contribution is 1.12. The molecule has 0 saturated carbocycles. The van der Waals surface area contributed by atoms with Crippen LogP contribution >= 0.6 is 0 Å². The molecule has 2 aliphatic rings. The van der Waals surface area contributed by atoms with Gasteiger partial charge in [0.2, 0.25) is 0 Å². The van der Waals surface area contributed by atoms with Crippen molar-refractivity contribution in [3.05, 3.63) is 109 Å². The Bertz CT molecular complexity index is 2170. The summed E-state index contributed by atoms with van der Waals surface area (Å²) in [5.41, 5.74) is 7.28. The van der Waals surface area contributed by atoms with E-state index in [2.05, 4.69) is 29.7 Å². The molecule has 0 aliphatic carbocycles. The lowest BCUT2D eigenvalue weighted by atomic mass is 10.1. The van der Waals surface area contributed by atoms with Gasteiger partial charge in [0, 0.05) is 44.2 Å². The molecule has 8 nitrogen and oxygen atoms in total. The molecule has 0 amide bonds. The maximum atomic E-state index is 4.99. The molecule has 8 bridgehead atoms. The average molecular weight is 533 g/mol. The van der Waals surface area contributed by atoms with Crippen molar-refractivity contribution in [2.45, 2.75) is 6.92 Å². The van der Waals surface area contributed by atoms with Gasteiger partial charge >= 0.3 is 0 Å². The SMILES string of the molecule is C=CC1=C(/C=C\C)c2nc1nc1[nH]c(nc3nc(nc4[nH]c(n2)c2ccccc42)-c2ccccc2-3)c(C=C)c1C=C. The Morgan fingerprint density at radius 1 is 0.537 bits per heavy atom. The summed E-state index contributed by atoms with van der Waals surface area (Å²) < 4.78 is 0. The van der Waals surface area contributed by atoms with Crippen LogP contribution in [0.5, 0.6) is 0 Å². The number of benzene rings is 2. The van der Waals surface area contributed by atoms with Gasteiger partial charge in [-0.25, -0.2) is 29.9 Å². The Morgan fingerprint density at radius 2 is 1.00 bits per heavy atom. The van der Waals surface area contributed by atoms with E-state index < -0.39 is 0 Å². The first-order valence-corrected chi connectivity index (χ1v) is 13.1. The summed E-state index contributed by atoms with van der Waals surface area (Å²) in [5, 5.41) is 1.84. The second-order valence-electron chi connectivity index (χ2n) is 9.47. The standard InChI is InChI=1S/C33H24N8/c1-5-13-21-20(8-4)28-35-26-18(6-2)19(7-3)27(34-26)36-30-22-14-9-10-15-23(22)32(39-30)41-33-25-17-12-11-16-24(25)31(40-33)38-29(21)37-28/h5-17H,2-4H2,1H3,(H2,34,35,36,37,38,39,40,41)/b13-5-. The van der Waals surface area contributed by atoms with E-state index >= 15 is 0 Å². The molecule has 0 atom stereocenters. The van der Waals surface area contributed by atoms with Crippen LogP contribution in [-0.4, -0.2) is 39.9 Å². The normalized spacial score (nSPS) is 12.6. The van der Waals surface area contributed by atoms with Crippen LogP contribution < -0.4 is 0 Å². The molecule has 0 spiro atoms. The minimum Gasteiger partial charge on any atom is -0.324 e. The Hall–Kier alpha value is -5.76.